The van der Waals surface area contributed by atoms with Crippen LogP contribution >= 0.6 is 34.3 Å². The van der Waals surface area contributed by atoms with Crippen LogP contribution in [0.25, 0.3) is 11.3 Å². The highest BCUT2D eigenvalue weighted by atomic mass is 35.5. The third kappa shape index (κ3) is 4.09. The van der Waals surface area contributed by atoms with Crippen LogP contribution in [-0.4, -0.2) is 16.1 Å². The number of thiazole rings is 1. The SMILES string of the molecule is Cc1ccc(-c2nc(Nc3ccsc3C(=O)O)sc2CC(C)C)cc1Cl. The van der Waals surface area contributed by atoms with E-state index in [9.17, 15) is 9.90 Å². The van der Waals surface area contributed by atoms with Gasteiger partial charge in [-0.05, 0) is 42.3 Å². The van der Waals surface area contributed by atoms with Gasteiger partial charge in [-0.3, -0.25) is 0 Å². The molecule has 0 bridgehead atoms. The number of nitrogens with one attached hydrogen (secondary N) is 1. The summed E-state index contributed by atoms with van der Waals surface area (Å²) in [5, 5.41) is 15.6. The molecule has 0 amide bonds. The number of aryl methyl sites for hydroxylation is 1. The van der Waals surface area contributed by atoms with Crippen molar-refractivity contribution in [1.29, 1.82) is 0 Å². The van der Waals surface area contributed by atoms with Crippen LogP contribution in [0.5, 0.6) is 0 Å². The Morgan fingerprint density at radius 1 is 1.35 bits per heavy atom. The van der Waals surface area contributed by atoms with E-state index in [1.807, 2.05) is 25.1 Å². The van der Waals surface area contributed by atoms with Crippen LogP contribution in [0, 0.1) is 12.8 Å². The maximum atomic E-state index is 11.3. The molecule has 0 saturated heterocycles. The summed E-state index contributed by atoms with van der Waals surface area (Å²) in [6.07, 6.45) is 0.898. The van der Waals surface area contributed by atoms with E-state index in [1.54, 1.807) is 22.8 Å². The molecule has 0 unspecified atom stereocenters. The lowest BCUT2D eigenvalue weighted by Gasteiger charge is -2.06. The third-order valence-corrected chi connectivity index (χ3v) is 6.14. The number of thiophene rings is 1. The van der Waals surface area contributed by atoms with E-state index in [1.165, 1.54) is 11.3 Å². The van der Waals surface area contributed by atoms with E-state index >= 15 is 0 Å². The van der Waals surface area contributed by atoms with Gasteiger partial charge in [0.15, 0.2) is 5.13 Å². The Kier molecular flexibility index (Phi) is 5.65. The van der Waals surface area contributed by atoms with Gasteiger partial charge in [0.1, 0.15) is 4.88 Å². The van der Waals surface area contributed by atoms with Crippen LogP contribution in [0.2, 0.25) is 5.02 Å². The molecule has 26 heavy (non-hydrogen) atoms. The highest BCUT2D eigenvalue weighted by Gasteiger charge is 2.18. The molecule has 0 aliphatic carbocycles. The maximum Gasteiger partial charge on any atom is 0.348 e. The summed E-state index contributed by atoms with van der Waals surface area (Å²) in [7, 11) is 0. The molecule has 0 spiro atoms. The first-order valence-electron chi connectivity index (χ1n) is 8.19. The Morgan fingerprint density at radius 2 is 2.12 bits per heavy atom. The minimum Gasteiger partial charge on any atom is -0.477 e. The van der Waals surface area contributed by atoms with Crippen LogP contribution in [0.15, 0.2) is 29.6 Å². The Labute approximate surface area is 165 Å². The van der Waals surface area contributed by atoms with Crippen molar-refractivity contribution in [1.82, 2.24) is 4.98 Å². The molecule has 2 N–H and O–H groups in total. The number of anilines is 2. The van der Waals surface area contributed by atoms with Crippen molar-refractivity contribution in [3.8, 4) is 11.3 Å². The number of carboxylic acids is 1. The van der Waals surface area contributed by atoms with Crippen LogP contribution in [-0.2, 0) is 6.42 Å². The van der Waals surface area contributed by atoms with Crippen molar-refractivity contribution >= 4 is 51.1 Å². The predicted molar refractivity (Wildman–Crippen MR) is 110 cm³/mol. The molecule has 0 aliphatic rings. The van der Waals surface area contributed by atoms with Gasteiger partial charge in [-0.1, -0.05) is 37.6 Å². The second-order valence-corrected chi connectivity index (χ2v) is 8.85. The number of carbonyl (C=O) groups is 1. The molecule has 0 atom stereocenters. The van der Waals surface area contributed by atoms with E-state index in [0.29, 0.717) is 21.8 Å². The summed E-state index contributed by atoms with van der Waals surface area (Å²) in [4.78, 5) is 17.5. The zero-order valence-electron chi connectivity index (χ0n) is 14.7. The van der Waals surface area contributed by atoms with Gasteiger partial charge >= 0.3 is 5.97 Å². The molecule has 0 fully saturated rings. The number of rotatable bonds is 6. The first-order chi connectivity index (χ1) is 12.3. The number of aromatic nitrogens is 1. The van der Waals surface area contributed by atoms with Gasteiger partial charge in [-0.25, -0.2) is 9.78 Å². The van der Waals surface area contributed by atoms with Crippen molar-refractivity contribution in [3.05, 3.63) is 50.0 Å². The lowest BCUT2D eigenvalue weighted by atomic mass is 10.0. The fourth-order valence-corrected chi connectivity index (χ4v) is 4.64. The average Bonchev–Trinajstić information content (AvgIpc) is 3.17. The van der Waals surface area contributed by atoms with Gasteiger partial charge in [0, 0.05) is 15.5 Å². The number of halogens is 1. The zero-order valence-corrected chi connectivity index (χ0v) is 17.1. The number of nitrogens with zero attached hydrogens (tertiary/aromatic N) is 1. The molecule has 4 nitrogen and oxygen atoms in total. The fourth-order valence-electron chi connectivity index (χ4n) is 2.57. The summed E-state index contributed by atoms with van der Waals surface area (Å²) in [5.41, 5.74) is 3.48. The Bertz CT molecular complexity index is 947. The molecular weight excluding hydrogens is 388 g/mol. The molecule has 7 heteroatoms. The molecule has 3 aromatic rings. The summed E-state index contributed by atoms with van der Waals surface area (Å²) in [5.74, 6) is -0.453. The van der Waals surface area contributed by atoms with E-state index in [-0.39, 0.29) is 4.88 Å². The fraction of sp³-hybridized carbons (Fsp3) is 0.263. The van der Waals surface area contributed by atoms with Crippen molar-refractivity contribution in [2.45, 2.75) is 27.2 Å². The van der Waals surface area contributed by atoms with E-state index in [2.05, 4.69) is 19.2 Å². The molecular formula is C19H19ClN2O2S2. The molecule has 136 valence electrons. The van der Waals surface area contributed by atoms with Crippen molar-refractivity contribution < 1.29 is 9.90 Å². The predicted octanol–water partition coefficient (Wildman–Crippen LogP) is 6.47. The standard InChI is InChI=1S/C19H19ClN2O2S2/c1-10(2)8-15-16(12-5-4-11(3)13(20)9-12)22-19(26-15)21-14-6-7-25-17(14)18(23)24/h4-7,9-10H,8H2,1-3H3,(H,21,22)(H,23,24). The number of hydrogen-bond donors (Lipinski definition) is 2. The normalized spacial score (nSPS) is 11.1. The third-order valence-electron chi connectivity index (χ3n) is 3.84. The second kappa shape index (κ2) is 7.78. The van der Waals surface area contributed by atoms with Crippen LogP contribution < -0.4 is 5.32 Å². The molecule has 0 aliphatic heterocycles. The lowest BCUT2D eigenvalue weighted by Crippen LogP contribution is -1.98. The minimum absolute atomic E-state index is 0.283. The Hall–Kier alpha value is -1.89. The van der Waals surface area contributed by atoms with Gasteiger partial charge in [0.05, 0.1) is 11.4 Å². The van der Waals surface area contributed by atoms with Gasteiger partial charge < -0.3 is 10.4 Å². The summed E-state index contributed by atoms with van der Waals surface area (Å²) in [6.45, 7) is 6.30. The number of hydrogen-bond acceptors (Lipinski definition) is 5. The first kappa shape index (κ1) is 18.9. The average molecular weight is 407 g/mol. The molecule has 2 heterocycles. The smallest absolute Gasteiger partial charge is 0.348 e. The molecule has 0 saturated carbocycles. The highest BCUT2D eigenvalue weighted by molar-refractivity contribution is 7.16. The summed E-state index contributed by atoms with van der Waals surface area (Å²) in [6, 6.07) is 7.72. The van der Waals surface area contributed by atoms with Crippen molar-refractivity contribution in [2.24, 2.45) is 5.92 Å². The monoisotopic (exact) mass is 406 g/mol. The van der Waals surface area contributed by atoms with E-state index in [0.717, 1.165) is 28.1 Å². The number of aromatic carboxylic acids is 1. The quantitative estimate of drug-likeness (QED) is 0.492. The summed E-state index contributed by atoms with van der Waals surface area (Å²) >= 11 is 9.05. The number of carboxylic acid groups (broad SMARTS) is 1. The van der Waals surface area contributed by atoms with E-state index < -0.39 is 5.97 Å². The van der Waals surface area contributed by atoms with Crippen LogP contribution in [0.4, 0.5) is 10.8 Å². The zero-order chi connectivity index (χ0) is 18.8. The van der Waals surface area contributed by atoms with Crippen LogP contribution in [0.1, 0.15) is 34.0 Å². The topological polar surface area (TPSA) is 62.2 Å². The maximum absolute atomic E-state index is 11.3. The Balaban J connectivity index is 2.00. The van der Waals surface area contributed by atoms with Gasteiger partial charge in [0.2, 0.25) is 0 Å². The molecule has 2 aromatic heterocycles. The largest absolute Gasteiger partial charge is 0.477 e. The number of benzene rings is 1. The van der Waals surface area contributed by atoms with Crippen molar-refractivity contribution in [3.63, 3.8) is 0 Å². The van der Waals surface area contributed by atoms with E-state index in [4.69, 9.17) is 16.6 Å². The highest BCUT2D eigenvalue weighted by Crippen LogP contribution is 2.36. The van der Waals surface area contributed by atoms with Crippen LogP contribution in [0.3, 0.4) is 0 Å². The second-order valence-electron chi connectivity index (χ2n) is 6.45. The van der Waals surface area contributed by atoms with Crippen molar-refractivity contribution in [2.75, 3.05) is 5.32 Å². The lowest BCUT2D eigenvalue weighted by molar-refractivity contribution is 0.0703. The first-order valence-corrected chi connectivity index (χ1v) is 10.3. The van der Waals surface area contributed by atoms with Gasteiger partial charge in [-0.2, -0.15) is 0 Å². The van der Waals surface area contributed by atoms with Gasteiger partial charge in [0.25, 0.3) is 0 Å². The summed E-state index contributed by atoms with van der Waals surface area (Å²) < 4.78 is 0. The molecule has 3 rings (SSSR count). The van der Waals surface area contributed by atoms with Gasteiger partial charge in [-0.15, -0.1) is 22.7 Å². The molecule has 1 aromatic carbocycles. The minimum atomic E-state index is -0.938. The Morgan fingerprint density at radius 3 is 2.77 bits per heavy atom. The molecule has 0 radical (unpaired) electrons.